The summed E-state index contributed by atoms with van der Waals surface area (Å²) in [7, 11) is 0. The van der Waals surface area contributed by atoms with Crippen LogP contribution in [0.3, 0.4) is 0 Å². The van der Waals surface area contributed by atoms with Crippen molar-refractivity contribution in [3.05, 3.63) is 53.9 Å². The zero-order valence-electron chi connectivity index (χ0n) is 13.7. The maximum Gasteiger partial charge on any atom is 0.338 e. The van der Waals surface area contributed by atoms with Gasteiger partial charge >= 0.3 is 5.97 Å². The van der Waals surface area contributed by atoms with E-state index in [1.165, 1.54) is 12.8 Å². The van der Waals surface area contributed by atoms with E-state index in [1.54, 1.807) is 31.2 Å². The molecule has 1 aromatic heterocycles. The Morgan fingerprint density at radius 2 is 2.00 bits per heavy atom. The van der Waals surface area contributed by atoms with Crippen LogP contribution < -0.4 is 5.32 Å². The molecule has 1 heterocycles. The fraction of sp³-hybridized carbons (Fsp3) is 0.368. The summed E-state index contributed by atoms with van der Waals surface area (Å²) in [4.78, 5) is 27.5. The monoisotopic (exact) mass is 326 g/mol. The maximum absolute atomic E-state index is 12.7. The summed E-state index contributed by atoms with van der Waals surface area (Å²) in [5.74, 6) is 0.106. The lowest BCUT2D eigenvalue weighted by atomic mass is 9.97. The van der Waals surface area contributed by atoms with E-state index >= 15 is 0 Å². The number of benzene rings is 1. The van der Waals surface area contributed by atoms with Crippen molar-refractivity contribution in [2.75, 3.05) is 11.9 Å². The second-order valence-corrected chi connectivity index (χ2v) is 6.14. The van der Waals surface area contributed by atoms with Crippen molar-refractivity contribution in [3.8, 4) is 0 Å². The topological polar surface area (TPSA) is 71.2 Å². The van der Waals surface area contributed by atoms with Crippen molar-refractivity contribution in [1.82, 2.24) is 4.98 Å². The molecular formula is C19H22N2O3. The Hall–Kier alpha value is -2.56. The molecule has 1 aromatic carbocycles. The first-order valence-electron chi connectivity index (χ1n) is 8.38. The van der Waals surface area contributed by atoms with Gasteiger partial charge in [-0.2, -0.15) is 0 Å². The van der Waals surface area contributed by atoms with Crippen LogP contribution in [0.25, 0.3) is 0 Å². The zero-order valence-corrected chi connectivity index (χ0v) is 13.7. The van der Waals surface area contributed by atoms with E-state index in [0.29, 0.717) is 23.8 Å². The highest BCUT2D eigenvalue weighted by Crippen LogP contribution is 2.38. The molecular weight excluding hydrogens is 304 g/mol. The molecule has 2 N–H and O–H groups in total. The summed E-state index contributed by atoms with van der Waals surface area (Å²) in [5.41, 5.74) is 2.11. The van der Waals surface area contributed by atoms with E-state index in [0.717, 1.165) is 12.1 Å². The Balaban J connectivity index is 1.67. The van der Waals surface area contributed by atoms with Gasteiger partial charge in [0.15, 0.2) is 0 Å². The van der Waals surface area contributed by atoms with Crippen LogP contribution in [-0.4, -0.2) is 23.5 Å². The summed E-state index contributed by atoms with van der Waals surface area (Å²) in [6.07, 6.45) is 5.13. The number of H-pyrrole nitrogens is 1. The molecule has 1 unspecified atom stereocenters. The first kappa shape index (κ1) is 16.3. The van der Waals surface area contributed by atoms with Crippen molar-refractivity contribution in [2.45, 2.75) is 32.1 Å². The number of aromatic amines is 1. The van der Waals surface area contributed by atoms with E-state index in [9.17, 15) is 9.59 Å². The molecule has 0 spiro atoms. The van der Waals surface area contributed by atoms with Crippen LogP contribution in [0, 0.1) is 5.92 Å². The molecule has 1 atom stereocenters. The van der Waals surface area contributed by atoms with Crippen LogP contribution in [0.4, 0.5) is 5.69 Å². The number of carbonyl (C=O) groups is 2. The molecule has 1 fully saturated rings. The third-order valence-corrected chi connectivity index (χ3v) is 4.24. The smallest absolute Gasteiger partial charge is 0.338 e. The second kappa shape index (κ2) is 7.34. The van der Waals surface area contributed by atoms with E-state index in [4.69, 9.17) is 4.74 Å². The van der Waals surface area contributed by atoms with Gasteiger partial charge < -0.3 is 15.0 Å². The summed E-state index contributed by atoms with van der Waals surface area (Å²) in [6.45, 7) is 2.11. The van der Waals surface area contributed by atoms with Gasteiger partial charge in [0.1, 0.15) is 0 Å². The molecule has 0 aliphatic heterocycles. The number of hydrogen-bond acceptors (Lipinski definition) is 3. The Labute approximate surface area is 141 Å². The van der Waals surface area contributed by atoms with Gasteiger partial charge in [-0.05, 0) is 55.7 Å². The SMILES string of the molecule is CCOC(=O)c1ccc(NC(=O)C(CC2CC2)c2ccc[nH]2)cc1. The first-order chi connectivity index (χ1) is 11.7. The average molecular weight is 326 g/mol. The number of amides is 1. The fourth-order valence-electron chi connectivity index (χ4n) is 2.76. The standard InChI is InChI=1S/C19H22N2O3/c1-2-24-19(23)14-7-9-15(10-8-14)21-18(22)16(12-13-5-6-13)17-4-3-11-20-17/h3-4,7-11,13,16,20H,2,5-6,12H2,1H3,(H,21,22). The zero-order chi connectivity index (χ0) is 16.9. The minimum atomic E-state index is -0.353. The number of nitrogens with one attached hydrogen (secondary N) is 2. The van der Waals surface area contributed by atoms with E-state index in [1.807, 2.05) is 18.3 Å². The molecule has 24 heavy (non-hydrogen) atoms. The molecule has 1 amide bonds. The molecule has 1 saturated carbocycles. The van der Waals surface area contributed by atoms with Gasteiger partial charge in [-0.3, -0.25) is 4.79 Å². The van der Waals surface area contributed by atoms with E-state index in [-0.39, 0.29) is 17.8 Å². The molecule has 126 valence electrons. The predicted molar refractivity (Wildman–Crippen MR) is 91.9 cm³/mol. The van der Waals surface area contributed by atoms with Crippen LogP contribution in [0.15, 0.2) is 42.6 Å². The van der Waals surface area contributed by atoms with Gasteiger partial charge in [0.2, 0.25) is 5.91 Å². The van der Waals surface area contributed by atoms with Gasteiger partial charge in [-0.25, -0.2) is 4.79 Å². The van der Waals surface area contributed by atoms with E-state index < -0.39 is 0 Å². The molecule has 0 saturated heterocycles. The van der Waals surface area contributed by atoms with Crippen LogP contribution in [0.5, 0.6) is 0 Å². The van der Waals surface area contributed by atoms with Crippen molar-refractivity contribution >= 4 is 17.6 Å². The lowest BCUT2D eigenvalue weighted by molar-refractivity contribution is -0.117. The molecule has 1 aliphatic carbocycles. The third-order valence-electron chi connectivity index (χ3n) is 4.24. The van der Waals surface area contributed by atoms with E-state index in [2.05, 4.69) is 10.3 Å². The molecule has 3 rings (SSSR count). The largest absolute Gasteiger partial charge is 0.462 e. The molecule has 5 heteroatoms. The van der Waals surface area contributed by atoms with Gasteiger partial charge in [0.25, 0.3) is 0 Å². The highest BCUT2D eigenvalue weighted by atomic mass is 16.5. The molecule has 0 bridgehead atoms. The predicted octanol–water partition coefficient (Wildman–Crippen LogP) is 3.71. The molecule has 2 aromatic rings. The maximum atomic E-state index is 12.7. The Kier molecular flexibility index (Phi) is 4.99. The van der Waals surface area contributed by atoms with Gasteiger partial charge in [0, 0.05) is 17.6 Å². The molecule has 5 nitrogen and oxygen atoms in total. The van der Waals surface area contributed by atoms with Crippen molar-refractivity contribution < 1.29 is 14.3 Å². The summed E-state index contributed by atoms with van der Waals surface area (Å²) >= 11 is 0. The molecule has 1 aliphatic rings. The number of rotatable bonds is 7. The summed E-state index contributed by atoms with van der Waals surface area (Å²) < 4.78 is 4.96. The lowest BCUT2D eigenvalue weighted by Gasteiger charge is -2.16. The van der Waals surface area contributed by atoms with Crippen LogP contribution >= 0.6 is 0 Å². The lowest BCUT2D eigenvalue weighted by Crippen LogP contribution is -2.22. The highest BCUT2D eigenvalue weighted by molar-refractivity contribution is 5.96. The van der Waals surface area contributed by atoms with Gasteiger partial charge in [0.05, 0.1) is 18.1 Å². The van der Waals surface area contributed by atoms with Gasteiger partial charge in [-0.15, -0.1) is 0 Å². The van der Waals surface area contributed by atoms with Crippen LogP contribution in [0.2, 0.25) is 0 Å². The number of aromatic nitrogens is 1. The minimum Gasteiger partial charge on any atom is -0.462 e. The second-order valence-electron chi connectivity index (χ2n) is 6.14. The summed E-state index contributed by atoms with van der Waals surface area (Å²) in [5, 5.41) is 2.95. The number of ether oxygens (including phenoxy) is 1. The highest BCUT2D eigenvalue weighted by Gasteiger charge is 2.31. The Morgan fingerprint density at radius 3 is 2.58 bits per heavy atom. The third kappa shape index (κ3) is 4.04. The number of carbonyl (C=O) groups excluding carboxylic acids is 2. The van der Waals surface area contributed by atoms with Gasteiger partial charge in [-0.1, -0.05) is 12.8 Å². The molecule has 0 radical (unpaired) electrons. The van der Waals surface area contributed by atoms with Crippen molar-refractivity contribution in [1.29, 1.82) is 0 Å². The fourth-order valence-corrected chi connectivity index (χ4v) is 2.76. The normalized spacial score (nSPS) is 14.9. The minimum absolute atomic E-state index is 0.0202. The Morgan fingerprint density at radius 1 is 1.25 bits per heavy atom. The van der Waals surface area contributed by atoms with Crippen LogP contribution in [-0.2, 0) is 9.53 Å². The Bertz CT molecular complexity index is 688. The van der Waals surface area contributed by atoms with Crippen molar-refractivity contribution in [2.24, 2.45) is 5.92 Å². The van der Waals surface area contributed by atoms with Crippen LogP contribution in [0.1, 0.15) is 48.2 Å². The number of anilines is 1. The first-order valence-corrected chi connectivity index (χ1v) is 8.38. The number of esters is 1. The quantitative estimate of drug-likeness (QED) is 0.762. The van der Waals surface area contributed by atoms with Crippen molar-refractivity contribution in [3.63, 3.8) is 0 Å². The number of hydrogen-bond donors (Lipinski definition) is 2. The average Bonchev–Trinajstić information content (AvgIpc) is 3.25. The summed E-state index contributed by atoms with van der Waals surface area (Å²) in [6, 6.07) is 10.7.